The molecule has 0 radical (unpaired) electrons. The van der Waals surface area contributed by atoms with Crippen molar-refractivity contribution in [3.8, 4) is 0 Å². The van der Waals surface area contributed by atoms with E-state index in [9.17, 15) is 19.2 Å². The lowest BCUT2D eigenvalue weighted by Crippen LogP contribution is -2.58. The first kappa shape index (κ1) is 18.9. The molecule has 0 saturated carbocycles. The highest BCUT2D eigenvalue weighted by Crippen LogP contribution is 2.24. The zero-order valence-corrected chi connectivity index (χ0v) is 13.4. The summed E-state index contributed by atoms with van der Waals surface area (Å²) < 4.78 is 25.6. The Morgan fingerprint density at radius 3 is 1.83 bits per heavy atom. The summed E-state index contributed by atoms with van der Waals surface area (Å²) in [4.78, 5) is 44.8. The van der Waals surface area contributed by atoms with Gasteiger partial charge in [0.1, 0.15) is 12.7 Å². The van der Waals surface area contributed by atoms with Crippen LogP contribution >= 0.6 is 0 Å². The summed E-state index contributed by atoms with van der Waals surface area (Å²) in [5, 5.41) is 0. The van der Waals surface area contributed by atoms with E-state index in [2.05, 4.69) is 0 Å². The first-order valence-corrected chi connectivity index (χ1v) is 6.97. The van der Waals surface area contributed by atoms with Gasteiger partial charge in [0.05, 0.1) is 6.61 Å². The molecule has 0 N–H and O–H groups in total. The van der Waals surface area contributed by atoms with Crippen molar-refractivity contribution in [3.63, 3.8) is 0 Å². The first-order chi connectivity index (χ1) is 10.7. The molecule has 0 aromatic heterocycles. The fraction of sp³-hybridized carbons (Fsp3) is 0.714. The van der Waals surface area contributed by atoms with Crippen molar-refractivity contribution >= 4 is 23.9 Å². The van der Waals surface area contributed by atoms with E-state index in [0.717, 1.165) is 0 Å². The summed E-state index contributed by atoms with van der Waals surface area (Å²) >= 11 is 0. The summed E-state index contributed by atoms with van der Waals surface area (Å²) in [6, 6.07) is 0. The molecule has 130 valence electrons. The van der Waals surface area contributed by atoms with E-state index in [4.69, 9.17) is 23.7 Å². The second kappa shape index (κ2) is 8.47. The molecule has 0 aliphatic carbocycles. The summed E-state index contributed by atoms with van der Waals surface area (Å²) in [6.45, 7) is 4.46. The predicted octanol–water partition coefficient (Wildman–Crippen LogP) is -0.257. The van der Waals surface area contributed by atoms with Gasteiger partial charge in [-0.25, -0.2) is 0 Å². The standard InChI is InChI=1S/C14H20O9/c1-7(15)19-5-11-13(22-9(3)17)14(23-10(4)18)12(6-20-11)21-8(2)16/h11-14H,5-6H2,1-4H3/t11-,12+,13-,14+/m0/s1. The van der Waals surface area contributed by atoms with Crippen LogP contribution in [0.1, 0.15) is 27.7 Å². The Bertz CT molecular complexity index is 473. The molecule has 9 nitrogen and oxygen atoms in total. The smallest absolute Gasteiger partial charge is 0.303 e. The molecule has 4 atom stereocenters. The molecule has 1 saturated heterocycles. The van der Waals surface area contributed by atoms with Gasteiger partial charge in [-0.15, -0.1) is 0 Å². The minimum absolute atomic E-state index is 0.0960. The second-order valence-corrected chi connectivity index (χ2v) is 4.97. The number of carbonyl (C=O) groups excluding carboxylic acids is 4. The number of esters is 4. The van der Waals surface area contributed by atoms with Gasteiger partial charge in [0, 0.05) is 27.7 Å². The molecule has 23 heavy (non-hydrogen) atoms. The van der Waals surface area contributed by atoms with Gasteiger partial charge in [-0.3, -0.25) is 19.2 Å². The molecule has 0 amide bonds. The number of ether oxygens (including phenoxy) is 5. The predicted molar refractivity (Wildman–Crippen MR) is 73.0 cm³/mol. The quantitative estimate of drug-likeness (QED) is 0.496. The molecule has 1 aliphatic rings. The number of rotatable bonds is 5. The average Bonchev–Trinajstić information content (AvgIpc) is 2.39. The monoisotopic (exact) mass is 332 g/mol. The molecule has 0 unspecified atom stereocenters. The lowest BCUT2D eigenvalue weighted by molar-refractivity contribution is -0.231. The van der Waals surface area contributed by atoms with E-state index in [0.29, 0.717) is 0 Å². The third-order valence-corrected chi connectivity index (χ3v) is 2.90. The molecule has 0 aromatic rings. The Hall–Kier alpha value is -2.16. The Balaban J connectivity index is 2.98. The van der Waals surface area contributed by atoms with E-state index in [1.807, 2.05) is 0 Å². The zero-order valence-electron chi connectivity index (χ0n) is 13.4. The topological polar surface area (TPSA) is 114 Å². The van der Waals surface area contributed by atoms with Gasteiger partial charge in [0.25, 0.3) is 0 Å². The van der Waals surface area contributed by atoms with Crippen LogP contribution in [0.2, 0.25) is 0 Å². The fourth-order valence-corrected chi connectivity index (χ4v) is 2.16. The minimum Gasteiger partial charge on any atom is -0.463 e. The van der Waals surface area contributed by atoms with Gasteiger partial charge < -0.3 is 23.7 Å². The SMILES string of the molecule is CC(=O)OC[C@@H]1OC[C@@H](OC(C)=O)[C@@H](OC(C)=O)[C@H]1OC(C)=O. The van der Waals surface area contributed by atoms with Gasteiger partial charge in [0.2, 0.25) is 0 Å². The number of hydrogen-bond acceptors (Lipinski definition) is 9. The van der Waals surface area contributed by atoms with Crippen molar-refractivity contribution in [3.05, 3.63) is 0 Å². The Labute approximate surface area is 133 Å². The molecular weight excluding hydrogens is 312 g/mol. The van der Waals surface area contributed by atoms with Gasteiger partial charge in [-0.1, -0.05) is 0 Å². The fourth-order valence-electron chi connectivity index (χ4n) is 2.16. The van der Waals surface area contributed by atoms with E-state index in [1.54, 1.807) is 0 Å². The van der Waals surface area contributed by atoms with Crippen molar-refractivity contribution in [2.24, 2.45) is 0 Å². The van der Waals surface area contributed by atoms with Crippen LogP contribution in [0.3, 0.4) is 0 Å². The van der Waals surface area contributed by atoms with Crippen molar-refractivity contribution in [2.75, 3.05) is 13.2 Å². The van der Waals surface area contributed by atoms with Crippen LogP contribution in [0.25, 0.3) is 0 Å². The molecular formula is C14H20O9. The molecule has 1 rings (SSSR count). The third-order valence-electron chi connectivity index (χ3n) is 2.90. The number of hydrogen-bond donors (Lipinski definition) is 0. The van der Waals surface area contributed by atoms with Gasteiger partial charge >= 0.3 is 23.9 Å². The zero-order chi connectivity index (χ0) is 17.6. The molecule has 1 heterocycles. The maximum absolute atomic E-state index is 11.3. The normalized spacial score (nSPS) is 26.8. The first-order valence-electron chi connectivity index (χ1n) is 6.97. The van der Waals surface area contributed by atoms with Crippen molar-refractivity contribution in [2.45, 2.75) is 52.1 Å². The summed E-state index contributed by atoms with van der Waals surface area (Å²) in [5.41, 5.74) is 0. The van der Waals surface area contributed by atoms with Crippen LogP contribution in [-0.4, -0.2) is 61.5 Å². The maximum atomic E-state index is 11.3. The van der Waals surface area contributed by atoms with Gasteiger partial charge in [-0.05, 0) is 0 Å². The van der Waals surface area contributed by atoms with Gasteiger partial charge in [0.15, 0.2) is 18.3 Å². The van der Waals surface area contributed by atoms with Crippen molar-refractivity contribution in [1.82, 2.24) is 0 Å². The number of carbonyl (C=O) groups is 4. The molecule has 0 bridgehead atoms. The molecule has 9 heteroatoms. The van der Waals surface area contributed by atoms with E-state index in [-0.39, 0.29) is 13.2 Å². The van der Waals surface area contributed by atoms with Gasteiger partial charge in [-0.2, -0.15) is 0 Å². The van der Waals surface area contributed by atoms with Crippen LogP contribution in [0.5, 0.6) is 0 Å². The molecule has 0 spiro atoms. The van der Waals surface area contributed by atoms with Crippen LogP contribution in [-0.2, 0) is 42.9 Å². The van der Waals surface area contributed by atoms with Crippen LogP contribution in [0.15, 0.2) is 0 Å². The Morgan fingerprint density at radius 1 is 0.826 bits per heavy atom. The summed E-state index contributed by atoms with van der Waals surface area (Å²) in [7, 11) is 0. The lowest BCUT2D eigenvalue weighted by atomic mass is 9.99. The highest BCUT2D eigenvalue weighted by Gasteiger charge is 2.47. The molecule has 0 aromatic carbocycles. The summed E-state index contributed by atoms with van der Waals surface area (Å²) in [6.07, 6.45) is -3.92. The highest BCUT2D eigenvalue weighted by atomic mass is 16.7. The molecule has 1 fully saturated rings. The minimum atomic E-state index is -1.08. The third kappa shape index (κ3) is 6.23. The largest absolute Gasteiger partial charge is 0.463 e. The van der Waals surface area contributed by atoms with Crippen molar-refractivity contribution in [1.29, 1.82) is 0 Å². The lowest BCUT2D eigenvalue weighted by Gasteiger charge is -2.40. The van der Waals surface area contributed by atoms with Crippen LogP contribution < -0.4 is 0 Å². The van der Waals surface area contributed by atoms with Crippen LogP contribution in [0.4, 0.5) is 0 Å². The molecule has 1 aliphatic heterocycles. The Kier molecular flexibility index (Phi) is 6.95. The van der Waals surface area contributed by atoms with Crippen LogP contribution in [0, 0.1) is 0 Å². The average molecular weight is 332 g/mol. The summed E-state index contributed by atoms with van der Waals surface area (Å²) in [5.74, 6) is -2.43. The van der Waals surface area contributed by atoms with Crippen molar-refractivity contribution < 1.29 is 42.9 Å². The Morgan fingerprint density at radius 2 is 1.35 bits per heavy atom. The van der Waals surface area contributed by atoms with E-state index in [1.165, 1.54) is 27.7 Å². The maximum Gasteiger partial charge on any atom is 0.303 e. The van der Waals surface area contributed by atoms with E-state index < -0.39 is 48.3 Å². The second-order valence-electron chi connectivity index (χ2n) is 4.97. The van der Waals surface area contributed by atoms with E-state index >= 15 is 0 Å². The highest BCUT2D eigenvalue weighted by molar-refractivity contribution is 5.68.